The van der Waals surface area contributed by atoms with Crippen molar-refractivity contribution in [3.05, 3.63) is 23.8 Å². The van der Waals surface area contributed by atoms with Crippen molar-refractivity contribution >= 4 is 3.07 Å². The zero-order valence-corrected chi connectivity index (χ0v) is 16.6. The summed E-state index contributed by atoms with van der Waals surface area (Å²) in [6, 6.07) is 6.10. The molecule has 0 aliphatic rings. The average Bonchev–Trinajstić information content (AvgIpc) is 2.05. The minimum atomic E-state index is 0.181. The van der Waals surface area contributed by atoms with Crippen molar-refractivity contribution in [1.29, 1.82) is 0 Å². The van der Waals surface area contributed by atoms with E-state index in [0.717, 1.165) is 9.49 Å². The Hall–Kier alpha value is -0.0449. The van der Waals surface area contributed by atoms with Gasteiger partial charge < -0.3 is 0 Å². The minimum absolute atomic E-state index is 0.181. The van der Waals surface area contributed by atoms with Crippen molar-refractivity contribution < 1.29 is 31.2 Å². The summed E-state index contributed by atoms with van der Waals surface area (Å²) in [5.41, 5.74) is 1.86. The van der Waals surface area contributed by atoms with Crippen molar-refractivity contribution in [3.63, 3.8) is 0 Å². The molecule has 1 aromatic rings. The maximum absolute atomic E-state index is 9.59. The molecule has 16 heavy (non-hydrogen) atoms. The second-order valence-corrected chi connectivity index (χ2v) is 9.43. The van der Waals surface area contributed by atoms with E-state index >= 15 is 0 Å². The Labute approximate surface area is 115 Å². The SMILES string of the molecule is CC(C)(C)CC(C)(C)c1ccc(O)[c]([Hg+])c1. The van der Waals surface area contributed by atoms with Gasteiger partial charge in [0.25, 0.3) is 0 Å². The second kappa shape index (κ2) is 4.68. The number of phenols is 1. The Kier molecular flexibility index (Phi) is 4.10. The summed E-state index contributed by atoms with van der Waals surface area (Å²) in [7, 11) is 0. The molecule has 84 valence electrons. The number of benzene rings is 1. The third-order valence-electron chi connectivity index (χ3n) is 2.83. The molecule has 1 nitrogen and oxygen atoms in total. The molecule has 0 radical (unpaired) electrons. The summed E-state index contributed by atoms with van der Waals surface area (Å²) in [6.07, 6.45) is 1.15. The van der Waals surface area contributed by atoms with Gasteiger partial charge in [-0.2, -0.15) is 0 Å². The van der Waals surface area contributed by atoms with E-state index in [1.165, 1.54) is 5.56 Å². The van der Waals surface area contributed by atoms with Crippen LogP contribution in [0.25, 0.3) is 0 Å². The molecule has 1 aromatic carbocycles. The number of aromatic hydroxyl groups is 1. The fourth-order valence-electron chi connectivity index (χ4n) is 2.43. The van der Waals surface area contributed by atoms with Crippen molar-refractivity contribution in [3.8, 4) is 5.75 Å². The molecule has 0 aliphatic heterocycles. The summed E-state index contributed by atoms with van der Waals surface area (Å²) in [4.78, 5) is 0. The predicted molar refractivity (Wildman–Crippen MR) is 64.8 cm³/mol. The van der Waals surface area contributed by atoms with Crippen molar-refractivity contribution in [2.75, 3.05) is 0 Å². The van der Waals surface area contributed by atoms with E-state index in [1.54, 1.807) is 0 Å². The van der Waals surface area contributed by atoms with Crippen LogP contribution in [0.1, 0.15) is 46.6 Å². The predicted octanol–water partition coefficient (Wildman–Crippen LogP) is 3.28. The third kappa shape index (κ3) is 3.76. The van der Waals surface area contributed by atoms with Gasteiger partial charge in [0.05, 0.1) is 0 Å². The van der Waals surface area contributed by atoms with Crippen molar-refractivity contribution in [1.82, 2.24) is 0 Å². The first-order chi connectivity index (χ1) is 7.12. The molecule has 0 heterocycles. The van der Waals surface area contributed by atoms with Crippen molar-refractivity contribution in [2.24, 2.45) is 5.41 Å². The molecular formula is C14H21HgO+. The molecular weight excluding hydrogens is 385 g/mol. The van der Waals surface area contributed by atoms with Crippen molar-refractivity contribution in [2.45, 2.75) is 46.5 Å². The zero-order valence-electron chi connectivity index (χ0n) is 11.1. The van der Waals surface area contributed by atoms with Crippen LogP contribution in [-0.4, -0.2) is 5.11 Å². The first-order valence-electron chi connectivity index (χ1n) is 5.77. The Morgan fingerprint density at radius 2 is 1.69 bits per heavy atom. The van der Waals surface area contributed by atoms with Crippen LogP contribution in [0.2, 0.25) is 0 Å². The molecule has 0 amide bonds. The molecule has 0 saturated heterocycles. The van der Waals surface area contributed by atoms with Crippen LogP contribution in [-0.2, 0) is 31.5 Å². The van der Waals surface area contributed by atoms with E-state index in [-0.39, 0.29) is 5.41 Å². The van der Waals surface area contributed by atoms with Gasteiger partial charge in [0, 0.05) is 0 Å². The molecule has 0 fully saturated rings. The molecule has 2 heteroatoms. The molecule has 0 atom stereocenters. The van der Waals surface area contributed by atoms with E-state index in [4.69, 9.17) is 0 Å². The fraction of sp³-hybridized carbons (Fsp3) is 0.571. The van der Waals surface area contributed by atoms with Gasteiger partial charge in [0.15, 0.2) is 0 Å². The van der Waals surface area contributed by atoms with Gasteiger partial charge in [0.1, 0.15) is 0 Å². The number of phenolic OH excluding ortho intramolecular Hbond substituents is 1. The average molecular weight is 406 g/mol. The molecule has 0 unspecified atom stereocenters. The van der Waals surface area contributed by atoms with Gasteiger partial charge in [-0.25, -0.2) is 0 Å². The van der Waals surface area contributed by atoms with Gasteiger partial charge in [-0.05, 0) is 0 Å². The summed E-state index contributed by atoms with van der Waals surface area (Å²) in [5.74, 6) is 0.471. The Morgan fingerprint density at radius 1 is 1.12 bits per heavy atom. The van der Waals surface area contributed by atoms with Crippen LogP contribution in [0.15, 0.2) is 18.2 Å². The third-order valence-corrected chi connectivity index (χ3v) is 5.03. The van der Waals surface area contributed by atoms with Crippen LogP contribution < -0.4 is 3.07 Å². The standard InChI is InChI=1S/C14H21O.Hg/c1-13(2,3)10-14(4,5)11-6-8-12(15)9-7-11;/h6-8,15H,10H2,1-5H3;/q;+1. The van der Waals surface area contributed by atoms with Crippen LogP contribution in [0.4, 0.5) is 0 Å². The topological polar surface area (TPSA) is 20.2 Å². The summed E-state index contributed by atoms with van der Waals surface area (Å²) < 4.78 is 1.15. The molecule has 0 aliphatic carbocycles. The zero-order chi connectivity index (χ0) is 12.6. The van der Waals surface area contributed by atoms with Crippen LogP contribution in [0.3, 0.4) is 0 Å². The number of rotatable bonds is 2. The normalized spacial score (nSPS) is 12.9. The summed E-state index contributed by atoms with van der Waals surface area (Å²) in [5, 5.41) is 9.59. The fourth-order valence-corrected chi connectivity index (χ4v) is 3.75. The second-order valence-electron chi connectivity index (χ2n) is 6.46. The first-order valence-corrected chi connectivity index (χ1v) is 8.52. The van der Waals surface area contributed by atoms with Gasteiger partial charge in [-0.1, -0.05) is 0 Å². The Balaban J connectivity index is 3.02. The monoisotopic (exact) mass is 407 g/mol. The van der Waals surface area contributed by atoms with Gasteiger partial charge in [-0.15, -0.1) is 0 Å². The molecule has 0 bridgehead atoms. The van der Waals surface area contributed by atoms with E-state index < -0.39 is 0 Å². The van der Waals surface area contributed by atoms with Gasteiger partial charge in [-0.3, -0.25) is 0 Å². The quantitative estimate of drug-likeness (QED) is 0.749. The summed E-state index contributed by atoms with van der Waals surface area (Å²) in [6.45, 7) is 11.4. The molecule has 0 saturated carbocycles. The van der Waals surface area contributed by atoms with Gasteiger partial charge >= 0.3 is 116 Å². The number of hydrogen-bond acceptors (Lipinski definition) is 1. The Morgan fingerprint density at radius 3 is 2.12 bits per heavy atom. The maximum atomic E-state index is 9.59. The van der Waals surface area contributed by atoms with E-state index in [1.807, 2.05) is 6.07 Å². The van der Waals surface area contributed by atoms with E-state index in [9.17, 15) is 5.11 Å². The molecule has 1 N–H and O–H groups in total. The molecule has 0 aromatic heterocycles. The first kappa shape index (κ1) is 14.0. The molecule has 1 rings (SSSR count). The Bertz CT molecular complexity index is 375. The van der Waals surface area contributed by atoms with E-state index in [2.05, 4.69) is 46.8 Å². The van der Waals surface area contributed by atoms with Crippen LogP contribution in [0, 0.1) is 5.41 Å². The van der Waals surface area contributed by atoms with Crippen LogP contribution in [0.5, 0.6) is 5.75 Å². The summed E-state index contributed by atoms with van der Waals surface area (Å²) >= 11 is 0.480. The van der Waals surface area contributed by atoms with Gasteiger partial charge in [0.2, 0.25) is 0 Å². The number of hydrogen-bond donors (Lipinski definition) is 1. The van der Waals surface area contributed by atoms with E-state index in [0.29, 0.717) is 37.3 Å². The molecule has 0 spiro atoms. The van der Waals surface area contributed by atoms with Crippen LogP contribution >= 0.6 is 0 Å².